The Labute approximate surface area is 103 Å². The Kier molecular flexibility index (Phi) is 6.43. The van der Waals surface area contributed by atoms with Crippen LogP contribution in [0.15, 0.2) is 0 Å². The lowest BCUT2D eigenvalue weighted by Gasteiger charge is -2.20. The van der Waals surface area contributed by atoms with Gasteiger partial charge in [0.2, 0.25) is 5.91 Å². The van der Waals surface area contributed by atoms with Crippen molar-refractivity contribution >= 4 is 11.9 Å². The molecule has 0 radical (unpaired) electrons. The first-order valence-electron chi connectivity index (χ1n) is 6.53. The molecule has 0 aromatic rings. The van der Waals surface area contributed by atoms with Gasteiger partial charge in [0.05, 0.1) is 6.54 Å². The minimum absolute atomic E-state index is 0.0787. The van der Waals surface area contributed by atoms with Gasteiger partial charge in [0.1, 0.15) is 0 Å². The molecule has 1 aliphatic rings. The van der Waals surface area contributed by atoms with Crippen molar-refractivity contribution in [2.45, 2.75) is 39.0 Å². The lowest BCUT2D eigenvalue weighted by Crippen LogP contribution is -2.44. The maximum Gasteiger partial charge on any atom is 0.317 e. The van der Waals surface area contributed by atoms with Crippen LogP contribution in [0.2, 0.25) is 0 Å². The van der Waals surface area contributed by atoms with E-state index in [2.05, 4.69) is 10.6 Å². The summed E-state index contributed by atoms with van der Waals surface area (Å²) in [7, 11) is 0. The van der Waals surface area contributed by atoms with Gasteiger partial charge in [-0.15, -0.1) is 0 Å². The van der Waals surface area contributed by atoms with Gasteiger partial charge in [-0.3, -0.25) is 4.79 Å². The van der Waals surface area contributed by atoms with Crippen molar-refractivity contribution in [1.82, 2.24) is 15.5 Å². The Morgan fingerprint density at radius 3 is 2.29 bits per heavy atom. The highest BCUT2D eigenvalue weighted by atomic mass is 16.2. The zero-order valence-electron chi connectivity index (χ0n) is 10.6. The molecule has 0 aromatic carbocycles. The van der Waals surface area contributed by atoms with Gasteiger partial charge in [0.25, 0.3) is 0 Å². The van der Waals surface area contributed by atoms with E-state index in [0.29, 0.717) is 6.54 Å². The third-order valence-corrected chi connectivity index (χ3v) is 2.87. The summed E-state index contributed by atoms with van der Waals surface area (Å²) in [5.74, 6) is -0.116. The fraction of sp³-hybridized carbons (Fsp3) is 0.833. The molecule has 3 amide bonds. The molecule has 2 N–H and O–H groups in total. The molecule has 0 unspecified atom stereocenters. The Bertz CT molecular complexity index is 248. The lowest BCUT2D eigenvalue weighted by molar-refractivity contribution is -0.120. The molecular weight excluding hydrogens is 218 g/mol. The second-order valence-corrected chi connectivity index (χ2v) is 4.41. The van der Waals surface area contributed by atoms with Gasteiger partial charge < -0.3 is 15.5 Å². The van der Waals surface area contributed by atoms with E-state index in [1.807, 2.05) is 6.92 Å². The summed E-state index contributed by atoms with van der Waals surface area (Å²) in [6, 6.07) is -0.112. The van der Waals surface area contributed by atoms with Crippen molar-refractivity contribution in [3.8, 4) is 0 Å². The van der Waals surface area contributed by atoms with Gasteiger partial charge in [-0.25, -0.2) is 4.79 Å². The Morgan fingerprint density at radius 1 is 1.06 bits per heavy atom. The second-order valence-electron chi connectivity index (χ2n) is 4.41. The van der Waals surface area contributed by atoms with E-state index in [1.165, 1.54) is 12.8 Å². The highest BCUT2D eigenvalue weighted by Crippen LogP contribution is 2.09. The van der Waals surface area contributed by atoms with Gasteiger partial charge in [0.15, 0.2) is 0 Å². The van der Waals surface area contributed by atoms with Crippen LogP contribution in [0.3, 0.4) is 0 Å². The molecule has 0 spiro atoms. The van der Waals surface area contributed by atoms with Crippen molar-refractivity contribution in [3.63, 3.8) is 0 Å². The van der Waals surface area contributed by atoms with Crippen LogP contribution in [0.4, 0.5) is 4.79 Å². The van der Waals surface area contributed by atoms with Crippen molar-refractivity contribution in [2.24, 2.45) is 0 Å². The number of hydrogen-bond acceptors (Lipinski definition) is 2. The van der Waals surface area contributed by atoms with Crippen molar-refractivity contribution in [3.05, 3.63) is 0 Å². The smallest absolute Gasteiger partial charge is 0.317 e. The maximum absolute atomic E-state index is 11.8. The molecule has 5 heteroatoms. The van der Waals surface area contributed by atoms with Crippen molar-refractivity contribution in [2.75, 3.05) is 26.2 Å². The van der Waals surface area contributed by atoms with Crippen molar-refractivity contribution in [1.29, 1.82) is 0 Å². The molecule has 1 fully saturated rings. The molecule has 1 rings (SSSR count). The average Bonchev–Trinajstić information content (AvgIpc) is 2.62. The Balaban J connectivity index is 2.21. The molecule has 98 valence electrons. The van der Waals surface area contributed by atoms with Gasteiger partial charge in [-0.2, -0.15) is 0 Å². The van der Waals surface area contributed by atoms with Crippen LogP contribution in [-0.4, -0.2) is 43.0 Å². The highest BCUT2D eigenvalue weighted by Gasteiger charge is 2.15. The highest BCUT2D eigenvalue weighted by molar-refractivity contribution is 5.83. The first kappa shape index (κ1) is 13.8. The molecule has 5 nitrogen and oxygen atoms in total. The van der Waals surface area contributed by atoms with Crippen molar-refractivity contribution < 1.29 is 9.59 Å². The van der Waals surface area contributed by atoms with Gasteiger partial charge in [-0.05, 0) is 19.3 Å². The molecule has 1 aliphatic heterocycles. The number of amides is 3. The van der Waals surface area contributed by atoms with E-state index in [9.17, 15) is 9.59 Å². The Morgan fingerprint density at radius 2 is 1.71 bits per heavy atom. The zero-order valence-corrected chi connectivity index (χ0v) is 10.6. The van der Waals surface area contributed by atoms with Crippen LogP contribution in [0.25, 0.3) is 0 Å². The van der Waals surface area contributed by atoms with E-state index in [4.69, 9.17) is 0 Å². The topological polar surface area (TPSA) is 61.4 Å². The largest absolute Gasteiger partial charge is 0.355 e. The van der Waals surface area contributed by atoms with Crippen LogP contribution in [0.1, 0.15) is 39.0 Å². The minimum atomic E-state index is -0.116. The summed E-state index contributed by atoms with van der Waals surface area (Å²) in [5, 5.41) is 5.39. The Hall–Kier alpha value is -1.26. The van der Waals surface area contributed by atoms with Gasteiger partial charge >= 0.3 is 6.03 Å². The van der Waals surface area contributed by atoms with Crippen LogP contribution >= 0.6 is 0 Å². The summed E-state index contributed by atoms with van der Waals surface area (Å²) in [6.07, 6.45) is 5.43. The number of hydrogen-bond donors (Lipinski definition) is 2. The van der Waals surface area contributed by atoms with E-state index in [0.717, 1.165) is 32.4 Å². The lowest BCUT2D eigenvalue weighted by atomic mass is 10.2. The number of rotatable bonds is 4. The third kappa shape index (κ3) is 5.56. The number of urea groups is 1. The summed E-state index contributed by atoms with van der Waals surface area (Å²) in [6.45, 7) is 4.36. The molecule has 0 atom stereocenters. The number of nitrogens with one attached hydrogen (secondary N) is 2. The second kappa shape index (κ2) is 7.92. The van der Waals surface area contributed by atoms with Crippen LogP contribution in [-0.2, 0) is 4.79 Å². The summed E-state index contributed by atoms with van der Waals surface area (Å²) in [5.41, 5.74) is 0. The summed E-state index contributed by atoms with van der Waals surface area (Å²) >= 11 is 0. The molecule has 0 aliphatic carbocycles. The molecule has 1 saturated heterocycles. The number of carbonyl (C=O) groups is 2. The van der Waals surface area contributed by atoms with E-state index in [1.54, 1.807) is 4.90 Å². The molecular formula is C12H23N3O2. The van der Waals surface area contributed by atoms with Crippen LogP contribution in [0, 0.1) is 0 Å². The molecule has 0 saturated carbocycles. The predicted molar refractivity (Wildman–Crippen MR) is 66.7 cm³/mol. The fourth-order valence-corrected chi connectivity index (χ4v) is 1.87. The minimum Gasteiger partial charge on any atom is -0.355 e. The normalized spacial score (nSPS) is 16.2. The monoisotopic (exact) mass is 241 g/mol. The van der Waals surface area contributed by atoms with E-state index in [-0.39, 0.29) is 18.5 Å². The van der Waals surface area contributed by atoms with E-state index < -0.39 is 0 Å². The molecule has 1 heterocycles. The van der Waals surface area contributed by atoms with Crippen LogP contribution in [0.5, 0.6) is 0 Å². The quantitative estimate of drug-likeness (QED) is 0.774. The standard InChI is InChI=1S/C12H23N3O2/c1-2-7-13-11(16)10-14-12(17)15-8-5-3-4-6-9-15/h2-10H2,1H3,(H,13,16)(H,14,17). The number of nitrogens with zero attached hydrogens (tertiary/aromatic N) is 1. The summed E-state index contributed by atoms with van der Waals surface area (Å²) < 4.78 is 0. The number of carbonyl (C=O) groups excluding carboxylic acids is 2. The first-order chi connectivity index (χ1) is 8.24. The molecule has 0 bridgehead atoms. The van der Waals surface area contributed by atoms with Gasteiger partial charge in [0, 0.05) is 19.6 Å². The predicted octanol–water partition coefficient (Wildman–Crippen LogP) is 1.10. The SMILES string of the molecule is CCCNC(=O)CNC(=O)N1CCCCCC1. The first-order valence-corrected chi connectivity index (χ1v) is 6.53. The summed E-state index contributed by atoms with van der Waals surface area (Å²) in [4.78, 5) is 24.9. The zero-order chi connectivity index (χ0) is 12.5. The maximum atomic E-state index is 11.8. The fourth-order valence-electron chi connectivity index (χ4n) is 1.87. The third-order valence-electron chi connectivity index (χ3n) is 2.87. The average molecular weight is 241 g/mol. The molecule has 0 aromatic heterocycles. The van der Waals surface area contributed by atoms with Crippen LogP contribution < -0.4 is 10.6 Å². The van der Waals surface area contributed by atoms with E-state index >= 15 is 0 Å². The van der Waals surface area contributed by atoms with Gasteiger partial charge in [-0.1, -0.05) is 19.8 Å². The number of likely N-dealkylation sites (tertiary alicyclic amines) is 1. The molecule has 17 heavy (non-hydrogen) atoms.